The first kappa shape index (κ1) is 39.4. The third-order valence-corrected chi connectivity index (χ3v) is 3.88. The zero-order chi connectivity index (χ0) is 28.7. The fourth-order valence-electron chi connectivity index (χ4n) is 1.91. The number of aldehydes is 1. The Morgan fingerprint density at radius 2 is 1.17 bits per heavy atom. The van der Waals surface area contributed by atoms with Crippen LogP contribution >= 0.6 is 0 Å². The molecular formula is C27H57NO8. The predicted molar refractivity (Wildman–Crippen MR) is 144 cm³/mol. The van der Waals surface area contributed by atoms with Crippen LogP contribution in [0.3, 0.4) is 0 Å². The second-order valence-electron chi connectivity index (χ2n) is 11.4. The number of methoxy groups -OCH3 is 1. The number of hydrogen-bond acceptors (Lipinski definition) is 9. The lowest BCUT2D eigenvalue weighted by Crippen LogP contribution is -2.53. The van der Waals surface area contributed by atoms with Crippen LogP contribution in [-0.2, 0) is 38.0 Å². The largest absolute Gasteiger partial charge is 0.462 e. The zero-order valence-electron chi connectivity index (χ0n) is 25.1. The van der Waals surface area contributed by atoms with Crippen molar-refractivity contribution in [3.8, 4) is 0 Å². The van der Waals surface area contributed by atoms with E-state index in [2.05, 4.69) is 4.74 Å². The van der Waals surface area contributed by atoms with Gasteiger partial charge >= 0.3 is 0 Å². The average Bonchev–Trinajstić information content (AvgIpc) is 2.73. The van der Waals surface area contributed by atoms with Gasteiger partial charge in [-0.15, -0.1) is 0 Å². The number of nitrogens with two attached hydrogens (primary N) is 1. The summed E-state index contributed by atoms with van der Waals surface area (Å²) in [6.07, 6.45) is 2.96. The van der Waals surface area contributed by atoms with Gasteiger partial charge < -0.3 is 38.9 Å². The molecule has 0 aromatic carbocycles. The highest BCUT2D eigenvalue weighted by molar-refractivity contribution is 5.49. The van der Waals surface area contributed by atoms with E-state index in [1.54, 1.807) is 7.11 Å². The minimum absolute atomic E-state index is 0.0417. The van der Waals surface area contributed by atoms with E-state index in [1.165, 1.54) is 0 Å². The van der Waals surface area contributed by atoms with Crippen molar-refractivity contribution >= 4 is 12.8 Å². The van der Waals surface area contributed by atoms with E-state index in [0.717, 1.165) is 19.1 Å². The molecule has 0 fully saturated rings. The lowest BCUT2D eigenvalue weighted by atomic mass is 10.1. The van der Waals surface area contributed by atoms with Crippen molar-refractivity contribution in [2.24, 2.45) is 5.73 Å². The molecule has 0 saturated carbocycles. The summed E-state index contributed by atoms with van der Waals surface area (Å²) in [6, 6.07) is 0. The van der Waals surface area contributed by atoms with Crippen LogP contribution in [0, 0.1) is 0 Å². The van der Waals surface area contributed by atoms with Gasteiger partial charge in [0.25, 0.3) is 6.47 Å². The third kappa shape index (κ3) is 37.4. The van der Waals surface area contributed by atoms with Gasteiger partial charge in [0, 0.05) is 33.4 Å². The Morgan fingerprint density at radius 1 is 0.694 bits per heavy atom. The highest BCUT2D eigenvalue weighted by atomic mass is 16.5. The lowest BCUT2D eigenvalue weighted by Gasteiger charge is -2.29. The fourth-order valence-corrected chi connectivity index (χ4v) is 1.91. The van der Waals surface area contributed by atoms with Gasteiger partial charge in [0.15, 0.2) is 0 Å². The molecule has 0 spiro atoms. The molecular weight excluding hydrogens is 466 g/mol. The summed E-state index contributed by atoms with van der Waals surface area (Å²) in [4.78, 5) is 19.9. The predicted octanol–water partition coefficient (Wildman–Crippen LogP) is 4.33. The van der Waals surface area contributed by atoms with Gasteiger partial charge in [0.1, 0.15) is 11.9 Å². The molecule has 2 N–H and O–H groups in total. The molecule has 0 aliphatic rings. The molecule has 0 amide bonds. The molecule has 0 aromatic rings. The minimum atomic E-state index is -0.692. The maximum absolute atomic E-state index is 10.3. The molecule has 0 rings (SSSR count). The van der Waals surface area contributed by atoms with Crippen LogP contribution in [0.4, 0.5) is 0 Å². The number of hydrogen-bond donors (Lipinski definition) is 1. The highest BCUT2D eigenvalue weighted by Crippen LogP contribution is 2.08. The van der Waals surface area contributed by atoms with E-state index < -0.39 is 5.54 Å². The van der Waals surface area contributed by atoms with Crippen molar-refractivity contribution < 1.29 is 38.0 Å². The first-order chi connectivity index (χ1) is 16.4. The summed E-state index contributed by atoms with van der Waals surface area (Å²) < 4.78 is 31.8. The highest BCUT2D eigenvalue weighted by Gasteiger charge is 2.26. The maximum atomic E-state index is 10.3. The molecule has 0 aromatic heterocycles. The third-order valence-electron chi connectivity index (χ3n) is 3.88. The Balaban J connectivity index is -0.000000682. The van der Waals surface area contributed by atoms with Crippen LogP contribution in [0.15, 0.2) is 0 Å². The molecule has 1 atom stereocenters. The monoisotopic (exact) mass is 523 g/mol. The molecule has 0 saturated heterocycles. The smallest absolute Gasteiger partial charge is 0.293 e. The van der Waals surface area contributed by atoms with Crippen LogP contribution in [0.1, 0.15) is 88.5 Å². The van der Waals surface area contributed by atoms with Crippen LogP contribution in [0.5, 0.6) is 0 Å². The summed E-state index contributed by atoms with van der Waals surface area (Å²) in [5.74, 6) is 0. The van der Waals surface area contributed by atoms with Crippen molar-refractivity contribution in [2.45, 2.75) is 111 Å². The molecule has 0 aliphatic heterocycles. The van der Waals surface area contributed by atoms with Gasteiger partial charge in [-0.25, -0.2) is 0 Å². The normalized spacial score (nSPS) is 13.4. The summed E-state index contributed by atoms with van der Waals surface area (Å²) >= 11 is 0. The second-order valence-corrected chi connectivity index (χ2v) is 11.4. The average molecular weight is 524 g/mol. The van der Waals surface area contributed by atoms with Crippen molar-refractivity contribution in [3.63, 3.8) is 0 Å². The van der Waals surface area contributed by atoms with E-state index in [1.807, 2.05) is 69.2 Å². The van der Waals surface area contributed by atoms with Crippen LogP contribution in [0.2, 0.25) is 0 Å². The first-order valence-corrected chi connectivity index (χ1v) is 12.7. The second kappa shape index (κ2) is 21.9. The van der Waals surface area contributed by atoms with Crippen molar-refractivity contribution in [3.05, 3.63) is 0 Å². The Morgan fingerprint density at radius 3 is 1.50 bits per heavy atom. The molecule has 0 radical (unpaired) electrons. The van der Waals surface area contributed by atoms with Gasteiger partial charge in [0.2, 0.25) is 0 Å². The van der Waals surface area contributed by atoms with Crippen LogP contribution < -0.4 is 5.73 Å². The quantitative estimate of drug-likeness (QED) is 0.233. The topological polar surface area (TPSA) is 116 Å². The molecule has 9 nitrogen and oxygen atoms in total. The van der Waals surface area contributed by atoms with E-state index in [0.29, 0.717) is 59.1 Å². The number of carbonyl (C=O) groups is 2. The number of ether oxygens (including phenoxy) is 6. The van der Waals surface area contributed by atoms with Crippen LogP contribution in [0.25, 0.3) is 0 Å². The SMILES string of the molecule is CC(C)(C)OC=O.CCCOCC(N)(COCCC=O)COCCCOC(C)(C)C.COC(C)(C)C. The van der Waals surface area contributed by atoms with Crippen molar-refractivity contribution in [1.82, 2.24) is 0 Å². The molecule has 36 heavy (non-hydrogen) atoms. The van der Waals surface area contributed by atoms with Gasteiger partial charge in [-0.3, -0.25) is 4.79 Å². The lowest BCUT2D eigenvalue weighted by molar-refractivity contribution is -0.138. The van der Waals surface area contributed by atoms with Gasteiger partial charge in [0.05, 0.1) is 43.2 Å². The molecule has 0 heterocycles. The standard InChI is InChI=1S/C17H35NO5.C5H10O2.C5H12O/c1-5-9-20-13-17(18,14-21-10-6-8-19)15-22-11-7-12-23-16(2,3)4;1-5(2,3)7-4-6;1-5(2,3)6-4/h8H,5-7,9-15,18H2,1-4H3;4H,1-3H3;1-4H3. The fraction of sp³-hybridized carbons (Fsp3) is 0.926. The van der Waals surface area contributed by atoms with Crippen LogP contribution in [-0.4, -0.2) is 88.5 Å². The van der Waals surface area contributed by atoms with E-state index in [9.17, 15) is 9.59 Å². The number of rotatable bonds is 16. The number of carbonyl (C=O) groups excluding carboxylic acids is 2. The van der Waals surface area contributed by atoms with Gasteiger partial charge in [-0.05, 0) is 75.2 Å². The Labute approximate surface area is 221 Å². The Hall–Kier alpha value is -1.10. The molecule has 218 valence electrons. The molecule has 1 unspecified atom stereocenters. The molecule has 0 aliphatic carbocycles. The van der Waals surface area contributed by atoms with Gasteiger partial charge in [-0.2, -0.15) is 0 Å². The van der Waals surface area contributed by atoms with E-state index in [4.69, 9.17) is 29.4 Å². The maximum Gasteiger partial charge on any atom is 0.293 e. The first-order valence-electron chi connectivity index (χ1n) is 12.7. The zero-order valence-corrected chi connectivity index (χ0v) is 25.1. The summed E-state index contributed by atoms with van der Waals surface area (Å²) in [6.45, 7) is 23.4. The summed E-state index contributed by atoms with van der Waals surface area (Å²) in [7, 11) is 1.71. The Kier molecular flexibility index (Phi) is 24.0. The minimum Gasteiger partial charge on any atom is -0.462 e. The van der Waals surface area contributed by atoms with E-state index in [-0.39, 0.29) is 16.8 Å². The Bertz CT molecular complexity index is 509. The van der Waals surface area contributed by atoms with Gasteiger partial charge in [-0.1, -0.05) is 6.92 Å². The molecule has 0 bridgehead atoms. The van der Waals surface area contributed by atoms with E-state index >= 15 is 0 Å². The van der Waals surface area contributed by atoms with Crippen molar-refractivity contribution in [2.75, 3.05) is 53.4 Å². The van der Waals surface area contributed by atoms with Crippen molar-refractivity contribution in [1.29, 1.82) is 0 Å². The summed E-state index contributed by atoms with van der Waals surface area (Å²) in [5.41, 5.74) is 5.22. The summed E-state index contributed by atoms with van der Waals surface area (Å²) in [5, 5.41) is 0. The molecule has 9 heteroatoms.